The monoisotopic (exact) mass is 365 g/mol. The number of hydrogen-bond donors (Lipinski definition) is 10. The Kier molecular flexibility index (Phi) is 27.3. The van der Waals surface area contributed by atoms with Crippen molar-refractivity contribution in [2.45, 2.75) is 0 Å². The molecule has 0 aromatic heterocycles. The van der Waals surface area contributed by atoms with Gasteiger partial charge in [-0.15, -0.1) is 0 Å². The maximum atomic E-state index is 8.88. The molecule has 13 nitrogen and oxygen atoms in total. The molecule has 0 aliphatic heterocycles. The molecule has 0 aromatic carbocycles. The molecule has 0 saturated carbocycles. The number of phosphoric acid groups is 3. The molecule has 0 saturated heterocycles. The Morgan fingerprint density at radius 2 is 0.611 bits per heavy atom. The topological polar surface area (TPSA) is 259 Å². The molecular formula is CH15KNO12P3. The van der Waals surface area contributed by atoms with E-state index in [0.29, 0.717) is 0 Å². The van der Waals surface area contributed by atoms with E-state index in [0.717, 1.165) is 0 Å². The van der Waals surface area contributed by atoms with Crippen LogP contribution in [0, 0.1) is 0 Å². The molecule has 0 atom stereocenters. The van der Waals surface area contributed by atoms with Gasteiger partial charge in [0, 0.05) is 0 Å². The van der Waals surface area contributed by atoms with Crippen molar-refractivity contribution in [3.63, 3.8) is 0 Å². The number of rotatable bonds is 0. The molecule has 0 amide bonds. The standard InChI is InChI=1S/CH5N.K.3H3O4P.H/c1-2;;3*1-5(2,3)4;/h2H2,1H3;;3*(H3,1,2,3,4);/q;+1;;;;-1. The van der Waals surface area contributed by atoms with E-state index >= 15 is 0 Å². The zero-order valence-corrected chi connectivity index (χ0v) is 15.0. The minimum Gasteiger partial charge on any atom is -1.00 e. The summed E-state index contributed by atoms with van der Waals surface area (Å²) in [6.45, 7) is 0. The van der Waals surface area contributed by atoms with Crippen molar-refractivity contribution >= 4 is 23.5 Å². The van der Waals surface area contributed by atoms with Crippen LogP contribution in [0.2, 0.25) is 0 Å². The second-order valence-corrected chi connectivity index (χ2v) is 4.62. The molecule has 0 spiro atoms. The molecule has 17 heteroatoms. The Bertz CT molecular complexity index is 219. The van der Waals surface area contributed by atoms with Gasteiger partial charge in [0.25, 0.3) is 0 Å². The van der Waals surface area contributed by atoms with Crippen molar-refractivity contribution in [3.05, 3.63) is 0 Å². The van der Waals surface area contributed by atoms with E-state index in [1.807, 2.05) is 0 Å². The van der Waals surface area contributed by atoms with Gasteiger partial charge in [0.15, 0.2) is 0 Å². The number of hydrogen-bond acceptors (Lipinski definition) is 4. The zero-order chi connectivity index (χ0) is 15.5. The molecule has 0 unspecified atom stereocenters. The molecule has 0 aliphatic rings. The predicted octanol–water partition coefficient (Wildman–Crippen LogP) is -6.09. The maximum absolute atomic E-state index is 8.88. The minimum absolute atomic E-state index is 0. The fourth-order valence-electron chi connectivity index (χ4n) is 0. The van der Waals surface area contributed by atoms with Crippen LogP contribution in [0.3, 0.4) is 0 Å². The van der Waals surface area contributed by atoms with Crippen molar-refractivity contribution in [1.82, 2.24) is 0 Å². The molecule has 0 aliphatic carbocycles. The smallest absolute Gasteiger partial charge is 1.00 e. The molecule has 0 fully saturated rings. The van der Waals surface area contributed by atoms with Crippen LogP contribution in [0.1, 0.15) is 1.43 Å². The van der Waals surface area contributed by atoms with Crippen molar-refractivity contribution in [2.24, 2.45) is 5.73 Å². The van der Waals surface area contributed by atoms with Gasteiger partial charge < -0.3 is 51.2 Å². The van der Waals surface area contributed by atoms with E-state index in [-0.39, 0.29) is 52.8 Å². The van der Waals surface area contributed by atoms with Crippen LogP contribution < -0.4 is 57.1 Å². The van der Waals surface area contributed by atoms with Gasteiger partial charge >= 0.3 is 74.9 Å². The van der Waals surface area contributed by atoms with Crippen LogP contribution in [-0.4, -0.2) is 51.1 Å². The van der Waals surface area contributed by atoms with Gasteiger partial charge in [0.05, 0.1) is 0 Å². The van der Waals surface area contributed by atoms with Crippen molar-refractivity contribution in [2.75, 3.05) is 7.05 Å². The second-order valence-electron chi connectivity index (χ2n) is 1.54. The third-order valence-electron chi connectivity index (χ3n) is 0. The summed E-state index contributed by atoms with van der Waals surface area (Å²) >= 11 is 0. The SMILES string of the molecule is CN.O=P(O)(O)O.O=P(O)(O)O.O=P(O)(O)O.[H-].[K+]. The fourth-order valence-corrected chi connectivity index (χ4v) is 0. The van der Waals surface area contributed by atoms with Gasteiger partial charge in [-0.2, -0.15) is 0 Å². The van der Waals surface area contributed by atoms with Crippen LogP contribution in [0.5, 0.6) is 0 Å². The summed E-state index contributed by atoms with van der Waals surface area (Å²) in [6.07, 6.45) is 0. The Morgan fingerprint density at radius 3 is 0.611 bits per heavy atom. The number of nitrogens with two attached hydrogens (primary N) is 1. The molecule has 0 aromatic rings. The summed E-state index contributed by atoms with van der Waals surface area (Å²) in [5, 5.41) is 0. The average Bonchev–Trinajstić information content (AvgIpc) is 1.77. The molecule has 11 N–H and O–H groups in total. The molecule has 0 bridgehead atoms. The normalized spacial score (nSPS) is 10.2. The average molecular weight is 365 g/mol. The fraction of sp³-hybridized carbons (Fsp3) is 1.00. The van der Waals surface area contributed by atoms with Gasteiger partial charge in [-0.1, -0.05) is 0 Å². The van der Waals surface area contributed by atoms with Crippen molar-refractivity contribution < 1.29 is 111 Å². The Hall–Kier alpha value is 1.93. The third kappa shape index (κ3) is 1380. The molecule has 0 rings (SSSR count). The molecule has 0 radical (unpaired) electrons. The van der Waals surface area contributed by atoms with E-state index in [1.54, 1.807) is 0 Å². The first kappa shape index (κ1) is 32.0. The largest absolute Gasteiger partial charge is 1.00 e. The Balaban J connectivity index is -0.0000000298. The van der Waals surface area contributed by atoms with Crippen LogP contribution in [0.15, 0.2) is 0 Å². The molecule has 112 valence electrons. The van der Waals surface area contributed by atoms with E-state index in [9.17, 15) is 0 Å². The summed E-state index contributed by atoms with van der Waals surface area (Å²) in [4.78, 5) is 64.7. The second kappa shape index (κ2) is 15.3. The van der Waals surface area contributed by atoms with Crippen molar-refractivity contribution in [1.29, 1.82) is 0 Å². The maximum Gasteiger partial charge on any atom is 1.00 e. The summed E-state index contributed by atoms with van der Waals surface area (Å²) in [5.74, 6) is 0. The summed E-state index contributed by atoms with van der Waals surface area (Å²) in [7, 11) is -12.4. The first-order valence-corrected chi connectivity index (χ1v) is 7.62. The van der Waals surface area contributed by atoms with E-state index in [4.69, 9.17) is 57.7 Å². The van der Waals surface area contributed by atoms with Gasteiger partial charge in [-0.3, -0.25) is 0 Å². The van der Waals surface area contributed by atoms with Gasteiger partial charge in [0.1, 0.15) is 0 Å². The predicted molar refractivity (Wildman–Crippen MR) is 54.0 cm³/mol. The Labute approximate surface area is 145 Å². The van der Waals surface area contributed by atoms with E-state index in [1.165, 1.54) is 7.05 Å². The van der Waals surface area contributed by atoms with Gasteiger partial charge in [-0.05, 0) is 7.05 Å². The molecular weight excluding hydrogens is 350 g/mol. The summed E-state index contributed by atoms with van der Waals surface area (Å²) in [6, 6.07) is 0. The first-order chi connectivity index (χ1) is 7.00. The Morgan fingerprint density at radius 1 is 0.611 bits per heavy atom. The van der Waals surface area contributed by atoms with Crippen LogP contribution in [-0.2, 0) is 13.7 Å². The van der Waals surface area contributed by atoms with Gasteiger partial charge in [-0.25, -0.2) is 13.7 Å². The zero-order valence-electron chi connectivity index (χ0n) is 10.2. The van der Waals surface area contributed by atoms with Crippen LogP contribution >= 0.6 is 23.5 Å². The molecule has 18 heavy (non-hydrogen) atoms. The first-order valence-electron chi connectivity index (χ1n) is 2.93. The summed E-state index contributed by atoms with van der Waals surface area (Å²) < 4.78 is 26.6. The van der Waals surface area contributed by atoms with Crippen LogP contribution in [0.25, 0.3) is 0 Å². The van der Waals surface area contributed by atoms with E-state index < -0.39 is 23.5 Å². The molecule has 0 heterocycles. The quantitative estimate of drug-likeness (QED) is 0.142. The van der Waals surface area contributed by atoms with Crippen LogP contribution in [0.4, 0.5) is 0 Å². The van der Waals surface area contributed by atoms with Gasteiger partial charge in [0.2, 0.25) is 0 Å². The van der Waals surface area contributed by atoms with Crippen molar-refractivity contribution in [3.8, 4) is 0 Å². The third-order valence-corrected chi connectivity index (χ3v) is 0. The minimum atomic E-state index is -4.64. The summed E-state index contributed by atoms with van der Waals surface area (Å²) in [5.41, 5.74) is 4.50. The van der Waals surface area contributed by atoms with E-state index in [2.05, 4.69) is 5.73 Å².